The number of hydrogen-bond donors (Lipinski definition) is 0. The van der Waals surface area contributed by atoms with Crippen molar-refractivity contribution in [3.63, 3.8) is 0 Å². The van der Waals surface area contributed by atoms with Gasteiger partial charge in [-0.15, -0.1) is 6.58 Å². The second-order valence-electron chi connectivity index (χ2n) is 4.28. The summed E-state index contributed by atoms with van der Waals surface area (Å²) >= 11 is 0. The number of ether oxygens (including phenoxy) is 3. The second kappa shape index (κ2) is 5.46. The number of rotatable bonds is 5. The van der Waals surface area contributed by atoms with Gasteiger partial charge in [0.05, 0.1) is 25.7 Å². The van der Waals surface area contributed by atoms with Crippen LogP contribution in [0, 0.1) is 5.92 Å². The van der Waals surface area contributed by atoms with Crippen LogP contribution in [0.5, 0.6) is 0 Å². The SMILES string of the molecule is C=CC(CC(=O)OCC)[C@H]1COC(C)(C)O1. The van der Waals surface area contributed by atoms with E-state index in [4.69, 9.17) is 14.2 Å². The van der Waals surface area contributed by atoms with Gasteiger partial charge in [0.15, 0.2) is 5.79 Å². The van der Waals surface area contributed by atoms with Gasteiger partial charge in [-0.25, -0.2) is 0 Å². The Labute approximate surface area is 96.6 Å². The number of hydrogen-bond acceptors (Lipinski definition) is 4. The molecule has 1 aliphatic heterocycles. The van der Waals surface area contributed by atoms with E-state index in [2.05, 4.69) is 6.58 Å². The summed E-state index contributed by atoms with van der Waals surface area (Å²) in [5.41, 5.74) is 0. The standard InChI is InChI=1S/C12H20O4/c1-5-9(7-11(13)14-6-2)10-8-15-12(3,4)16-10/h5,9-10H,1,6-8H2,2-4H3/t9?,10-/m1/s1. The summed E-state index contributed by atoms with van der Waals surface area (Å²) < 4.78 is 16.0. The third kappa shape index (κ3) is 3.61. The zero-order valence-corrected chi connectivity index (χ0v) is 10.2. The van der Waals surface area contributed by atoms with Crippen molar-refractivity contribution in [2.45, 2.75) is 39.1 Å². The quantitative estimate of drug-likeness (QED) is 0.532. The van der Waals surface area contributed by atoms with Crippen LogP contribution < -0.4 is 0 Å². The first kappa shape index (κ1) is 13.2. The van der Waals surface area contributed by atoms with Crippen LogP contribution in [0.15, 0.2) is 12.7 Å². The Morgan fingerprint density at radius 3 is 2.81 bits per heavy atom. The van der Waals surface area contributed by atoms with Crippen LogP contribution in [0.2, 0.25) is 0 Å². The van der Waals surface area contributed by atoms with Crippen LogP contribution in [0.4, 0.5) is 0 Å². The zero-order valence-electron chi connectivity index (χ0n) is 10.2. The molecule has 0 aromatic carbocycles. The molecule has 1 fully saturated rings. The average Bonchev–Trinajstić information content (AvgIpc) is 2.55. The van der Waals surface area contributed by atoms with Gasteiger partial charge in [0.2, 0.25) is 0 Å². The molecule has 0 N–H and O–H groups in total. The van der Waals surface area contributed by atoms with E-state index in [9.17, 15) is 4.79 Å². The summed E-state index contributed by atoms with van der Waals surface area (Å²) in [5, 5.41) is 0. The Balaban J connectivity index is 2.49. The molecule has 1 rings (SSSR count). The van der Waals surface area contributed by atoms with Gasteiger partial charge in [0, 0.05) is 5.92 Å². The van der Waals surface area contributed by atoms with Crippen LogP contribution in [-0.4, -0.2) is 31.1 Å². The van der Waals surface area contributed by atoms with Crippen molar-refractivity contribution in [1.82, 2.24) is 0 Å². The molecule has 16 heavy (non-hydrogen) atoms. The molecule has 0 radical (unpaired) electrons. The summed E-state index contributed by atoms with van der Waals surface area (Å²) in [6.07, 6.45) is 1.91. The van der Waals surface area contributed by atoms with E-state index in [-0.39, 0.29) is 18.0 Å². The number of carbonyl (C=O) groups excluding carboxylic acids is 1. The fraction of sp³-hybridized carbons (Fsp3) is 0.750. The van der Waals surface area contributed by atoms with Crippen molar-refractivity contribution in [3.05, 3.63) is 12.7 Å². The Morgan fingerprint density at radius 1 is 1.69 bits per heavy atom. The maximum atomic E-state index is 11.4. The molecular weight excluding hydrogens is 208 g/mol. The molecule has 1 heterocycles. The molecule has 1 aliphatic rings. The first-order valence-electron chi connectivity index (χ1n) is 5.58. The Hall–Kier alpha value is -0.870. The van der Waals surface area contributed by atoms with Crippen molar-refractivity contribution < 1.29 is 19.0 Å². The van der Waals surface area contributed by atoms with Gasteiger partial charge in [-0.05, 0) is 20.8 Å². The van der Waals surface area contributed by atoms with Gasteiger partial charge in [0.1, 0.15) is 0 Å². The first-order valence-corrected chi connectivity index (χ1v) is 5.58. The van der Waals surface area contributed by atoms with Gasteiger partial charge in [-0.1, -0.05) is 6.08 Å². The summed E-state index contributed by atoms with van der Waals surface area (Å²) in [4.78, 5) is 11.4. The van der Waals surface area contributed by atoms with Crippen LogP contribution >= 0.6 is 0 Å². The lowest BCUT2D eigenvalue weighted by Crippen LogP contribution is -2.27. The maximum Gasteiger partial charge on any atom is 0.306 e. The van der Waals surface area contributed by atoms with Crippen LogP contribution in [0.25, 0.3) is 0 Å². The zero-order chi connectivity index (χ0) is 12.2. The highest BCUT2D eigenvalue weighted by molar-refractivity contribution is 5.70. The van der Waals surface area contributed by atoms with Crippen LogP contribution in [0.1, 0.15) is 27.2 Å². The third-order valence-electron chi connectivity index (χ3n) is 2.52. The second-order valence-corrected chi connectivity index (χ2v) is 4.28. The molecule has 0 aromatic heterocycles. The molecule has 1 unspecified atom stereocenters. The fourth-order valence-corrected chi connectivity index (χ4v) is 1.71. The lowest BCUT2D eigenvalue weighted by Gasteiger charge is -2.21. The lowest BCUT2D eigenvalue weighted by molar-refractivity contribution is -0.151. The van der Waals surface area contributed by atoms with Crippen molar-refractivity contribution in [1.29, 1.82) is 0 Å². The lowest BCUT2D eigenvalue weighted by atomic mass is 9.99. The molecule has 0 bridgehead atoms. The van der Waals surface area contributed by atoms with E-state index in [0.29, 0.717) is 19.6 Å². The Bertz CT molecular complexity index is 260. The largest absolute Gasteiger partial charge is 0.466 e. The topological polar surface area (TPSA) is 44.8 Å². The molecule has 4 nitrogen and oxygen atoms in total. The highest BCUT2D eigenvalue weighted by Gasteiger charge is 2.37. The van der Waals surface area contributed by atoms with Gasteiger partial charge in [0.25, 0.3) is 0 Å². The highest BCUT2D eigenvalue weighted by atomic mass is 16.7. The normalized spacial score (nSPS) is 25.1. The monoisotopic (exact) mass is 228 g/mol. The summed E-state index contributed by atoms with van der Waals surface area (Å²) in [5.74, 6) is -0.845. The van der Waals surface area contributed by atoms with Gasteiger partial charge >= 0.3 is 5.97 Å². The van der Waals surface area contributed by atoms with E-state index in [0.717, 1.165) is 0 Å². The van der Waals surface area contributed by atoms with Gasteiger partial charge in [-0.2, -0.15) is 0 Å². The minimum Gasteiger partial charge on any atom is -0.466 e. The molecule has 2 atom stereocenters. The van der Waals surface area contributed by atoms with Crippen LogP contribution in [0.3, 0.4) is 0 Å². The summed E-state index contributed by atoms with van der Waals surface area (Å²) in [6.45, 7) is 10.1. The van der Waals surface area contributed by atoms with E-state index in [1.807, 2.05) is 13.8 Å². The Morgan fingerprint density at radius 2 is 2.38 bits per heavy atom. The molecular formula is C12H20O4. The fourth-order valence-electron chi connectivity index (χ4n) is 1.71. The smallest absolute Gasteiger partial charge is 0.306 e. The molecule has 0 saturated carbocycles. The van der Waals surface area contributed by atoms with Crippen molar-refractivity contribution in [3.8, 4) is 0 Å². The predicted octanol–water partition coefficient (Wildman–Crippen LogP) is 1.89. The predicted molar refractivity (Wildman–Crippen MR) is 59.8 cm³/mol. The van der Waals surface area contributed by atoms with Crippen molar-refractivity contribution in [2.75, 3.05) is 13.2 Å². The molecule has 4 heteroatoms. The molecule has 1 saturated heterocycles. The van der Waals surface area contributed by atoms with Crippen molar-refractivity contribution >= 4 is 5.97 Å². The van der Waals surface area contributed by atoms with E-state index < -0.39 is 5.79 Å². The number of esters is 1. The Kier molecular flexibility index (Phi) is 4.50. The van der Waals surface area contributed by atoms with Crippen molar-refractivity contribution in [2.24, 2.45) is 5.92 Å². The molecule has 0 aliphatic carbocycles. The first-order chi connectivity index (χ1) is 7.48. The maximum absolute atomic E-state index is 11.4. The minimum absolute atomic E-state index is 0.0548. The van der Waals surface area contributed by atoms with Crippen LogP contribution in [-0.2, 0) is 19.0 Å². The minimum atomic E-state index is -0.569. The van der Waals surface area contributed by atoms with E-state index in [1.165, 1.54) is 0 Å². The number of carbonyl (C=O) groups is 1. The van der Waals surface area contributed by atoms with Gasteiger partial charge in [-0.3, -0.25) is 4.79 Å². The molecule has 0 amide bonds. The van der Waals surface area contributed by atoms with E-state index in [1.54, 1.807) is 13.0 Å². The molecule has 0 spiro atoms. The van der Waals surface area contributed by atoms with Gasteiger partial charge < -0.3 is 14.2 Å². The van der Waals surface area contributed by atoms with E-state index >= 15 is 0 Å². The summed E-state index contributed by atoms with van der Waals surface area (Å²) in [6, 6.07) is 0. The average molecular weight is 228 g/mol. The highest BCUT2D eigenvalue weighted by Crippen LogP contribution is 2.28. The molecule has 92 valence electrons. The summed E-state index contributed by atoms with van der Waals surface area (Å²) in [7, 11) is 0. The third-order valence-corrected chi connectivity index (χ3v) is 2.52. The molecule has 0 aromatic rings.